The quantitative estimate of drug-likeness (QED) is 0.601. The second-order valence-corrected chi connectivity index (χ2v) is 6.80. The van der Waals surface area contributed by atoms with Crippen LogP contribution in [-0.4, -0.2) is 45.1 Å². The van der Waals surface area contributed by atoms with Crippen LogP contribution in [0.5, 0.6) is 5.75 Å². The van der Waals surface area contributed by atoms with Gasteiger partial charge in [-0.05, 0) is 49.6 Å². The lowest BCUT2D eigenvalue weighted by Gasteiger charge is -2.23. The van der Waals surface area contributed by atoms with E-state index in [1.807, 2.05) is 0 Å². The van der Waals surface area contributed by atoms with E-state index in [1.165, 1.54) is 39.5 Å². The number of likely N-dealkylation sites (tertiary alicyclic amines) is 1. The minimum Gasteiger partial charge on any atom is -0.488 e. The summed E-state index contributed by atoms with van der Waals surface area (Å²) in [5, 5.41) is 0. The fourth-order valence-electron chi connectivity index (χ4n) is 3.44. The number of piperidine rings is 1. The highest BCUT2D eigenvalue weighted by Crippen LogP contribution is 2.18. The van der Waals surface area contributed by atoms with E-state index in [2.05, 4.69) is 0 Å². The maximum atomic E-state index is 12.8. The number of esters is 1. The summed E-state index contributed by atoms with van der Waals surface area (Å²) in [6.45, 7) is 4.15. The first-order valence-corrected chi connectivity index (χ1v) is 9.47. The second-order valence-electron chi connectivity index (χ2n) is 6.80. The van der Waals surface area contributed by atoms with Crippen molar-refractivity contribution in [2.75, 3.05) is 33.4 Å². The van der Waals surface area contributed by atoms with Gasteiger partial charge < -0.3 is 14.4 Å². The standard InChI is InChI=1S/C22H25NO4/c1-26-22(25)20-8-4-3-7-19(20)21(24)17-9-11-18(12-10-17)27-16-15-23-13-5-2-6-14-23/h3-4,7-12H,2,5-6,13-16H2,1H3/p+1. The van der Waals surface area contributed by atoms with Gasteiger partial charge in [0.05, 0.1) is 25.8 Å². The van der Waals surface area contributed by atoms with E-state index >= 15 is 0 Å². The second kappa shape index (κ2) is 9.33. The lowest BCUT2D eigenvalue weighted by Crippen LogP contribution is -3.13. The van der Waals surface area contributed by atoms with Gasteiger partial charge in [0.25, 0.3) is 0 Å². The maximum absolute atomic E-state index is 12.8. The van der Waals surface area contributed by atoms with Crippen LogP contribution in [0.4, 0.5) is 0 Å². The summed E-state index contributed by atoms with van der Waals surface area (Å²) >= 11 is 0. The summed E-state index contributed by atoms with van der Waals surface area (Å²) in [5.74, 6) is 0.0311. The Balaban J connectivity index is 1.61. The number of ketones is 1. The first-order chi connectivity index (χ1) is 13.2. The number of quaternary nitrogens is 1. The molecule has 1 saturated heterocycles. The van der Waals surface area contributed by atoms with Gasteiger partial charge in [0.15, 0.2) is 5.78 Å². The molecule has 2 aromatic rings. The molecule has 0 saturated carbocycles. The Morgan fingerprint density at radius 2 is 1.59 bits per heavy atom. The van der Waals surface area contributed by atoms with Gasteiger partial charge in [-0.1, -0.05) is 18.2 Å². The van der Waals surface area contributed by atoms with Crippen molar-refractivity contribution in [2.45, 2.75) is 19.3 Å². The van der Waals surface area contributed by atoms with E-state index in [9.17, 15) is 9.59 Å². The number of carbonyl (C=O) groups is 2. The molecule has 142 valence electrons. The van der Waals surface area contributed by atoms with Crippen molar-refractivity contribution in [3.8, 4) is 5.75 Å². The molecule has 2 aromatic carbocycles. The first kappa shape index (κ1) is 19.1. The van der Waals surface area contributed by atoms with Gasteiger partial charge in [0.2, 0.25) is 0 Å². The van der Waals surface area contributed by atoms with Crippen molar-refractivity contribution < 1.29 is 24.0 Å². The van der Waals surface area contributed by atoms with Crippen LogP contribution >= 0.6 is 0 Å². The monoisotopic (exact) mass is 368 g/mol. The predicted molar refractivity (Wildman–Crippen MR) is 103 cm³/mol. The molecule has 0 bridgehead atoms. The average Bonchev–Trinajstić information content (AvgIpc) is 2.74. The molecule has 5 nitrogen and oxygen atoms in total. The molecular formula is C22H26NO4+. The van der Waals surface area contributed by atoms with Gasteiger partial charge in [-0.3, -0.25) is 4.79 Å². The third-order valence-corrected chi connectivity index (χ3v) is 4.98. The number of benzene rings is 2. The lowest BCUT2D eigenvalue weighted by atomic mass is 9.98. The van der Waals surface area contributed by atoms with E-state index in [1.54, 1.807) is 53.4 Å². The molecule has 5 heteroatoms. The van der Waals surface area contributed by atoms with Gasteiger partial charge in [-0.25, -0.2) is 4.79 Å². The van der Waals surface area contributed by atoms with Gasteiger partial charge in [-0.2, -0.15) is 0 Å². The molecule has 0 aliphatic carbocycles. The van der Waals surface area contributed by atoms with E-state index < -0.39 is 5.97 Å². The number of hydrogen-bond acceptors (Lipinski definition) is 4. The summed E-state index contributed by atoms with van der Waals surface area (Å²) < 4.78 is 10.6. The van der Waals surface area contributed by atoms with Crippen LogP contribution in [0, 0.1) is 0 Å². The predicted octanol–water partition coefficient (Wildman–Crippen LogP) is 2.15. The van der Waals surface area contributed by atoms with Crippen LogP contribution < -0.4 is 9.64 Å². The van der Waals surface area contributed by atoms with E-state index in [4.69, 9.17) is 9.47 Å². The molecule has 1 N–H and O–H groups in total. The Bertz CT molecular complexity index is 779. The molecule has 0 atom stereocenters. The highest BCUT2D eigenvalue weighted by molar-refractivity contribution is 6.14. The van der Waals surface area contributed by atoms with Crippen molar-refractivity contribution in [3.63, 3.8) is 0 Å². The fourth-order valence-corrected chi connectivity index (χ4v) is 3.44. The van der Waals surface area contributed by atoms with Crippen molar-refractivity contribution in [1.29, 1.82) is 0 Å². The molecule has 0 aromatic heterocycles. The largest absolute Gasteiger partial charge is 0.488 e. The minimum absolute atomic E-state index is 0.208. The van der Waals surface area contributed by atoms with Gasteiger partial charge >= 0.3 is 5.97 Å². The van der Waals surface area contributed by atoms with Crippen molar-refractivity contribution in [3.05, 3.63) is 65.2 Å². The van der Waals surface area contributed by atoms with E-state index in [0.29, 0.717) is 17.7 Å². The summed E-state index contributed by atoms with van der Waals surface area (Å²) in [6, 6.07) is 13.8. The van der Waals surface area contributed by atoms with Crippen LogP contribution in [0.2, 0.25) is 0 Å². The van der Waals surface area contributed by atoms with Crippen LogP contribution in [-0.2, 0) is 4.74 Å². The number of nitrogens with one attached hydrogen (secondary N) is 1. The van der Waals surface area contributed by atoms with Crippen molar-refractivity contribution >= 4 is 11.8 Å². The Morgan fingerprint density at radius 3 is 2.26 bits per heavy atom. The van der Waals surface area contributed by atoms with Crippen LogP contribution in [0.3, 0.4) is 0 Å². The Morgan fingerprint density at radius 1 is 0.926 bits per heavy atom. The van der Waals surface area contributed by atoms with E-state index in [0.717, 1.165) is 12.3 Å². The molecule has 0 radical (unpaired) electrons. The molecule has 27 heavy (non-hydrogen) atoms. The zero-order valence-corrected chi connectivity index (χ0v) is 15.7. The average molecular weight is 368 g/mol. The van der Waals surface area contributed by atoms with Crippen LogP contribution in [0.25, 0.3) is 0 Å². The SMILES string of the molecule is COC(=O)c1ccccc1C(=O)c1ccc(OCC[NH+]2CCCCC2)cc1. The normalized spacial score (nSPS) is 14.6. The molecule has 3 rings (SSSR count). The van der Waals surface area contributed by atoms with Crippen molar-refractivity contribution in [2.24, 2.45) is 0 Å². The molecule has 0 unspecified atom stereocenters. The molecule has 0 amide bonds. The lowest BCUT2D eigenvalue weighted by molar-refractivity contribution is -0.904. The Kier molecular flexibility index (Phi) is 6.60. The third-order valence-electron chi connectivity index (χ3n) is 4.98. The first-order valence-electron chi connectivity index (χ1n) is 9.47. The highest BCUT2D eigenvalue weighted by Gasteiger charge is 2.18. The van der Waals surface area contributed by atoms with Crippen LogP contribution in [0.1, 0.15) is 45.5 Å². The highest BCUT2D eigenvalue weighted by atomic mass is 16.5. The summed E-state index contributed by atoms with van der Waals surface area (Å²) in [4.78, 5) is 26.2. The number of methoxy groups -OCH3 is 1. The molecule has 1 fully saturated rings. The molecule has 1 aliphatic rings. The van der Waals surface area contributed by atoms with Crippen LogP contribution in [0.15, 0.2) is 48.5 Å². The number of ether oxygens (including phenoxy) is 2. The molecular weight excluding hydrogens is 342 g/mol. The fraction of sp³-hybridized carbons (Fsp3) is 0.364. The van der Waals surface area contributed by atoms with Gasteiger partial charge in [0.1, 0.15) is 18.9 Å². The number of hydrogen-bond donors (Lipinski definition) is 1. The summed E-state index contributed by atoms with van der Waals surface area (Å²) in [7, 11) is 1.31. The summed E-state index contributed by atoms with van der Waals surface area (Å²) in [6.07, 6.45) is 3.96. The van der Waals surface area contributed by atoms with Crippen molar-refractivity contribution in [1.82, 2.24) is 0 Å². The smallest absolute Gasteiger partial charge is 0.338 e. The van der Waals surface area contributed by atoms with Gasteiger partial charge in [0, 0.05) is 11.1 Å². The summed E-state index contributed by atoms with van der Waals surface area (Å²) in [5.41, 5.74) is 1.13. The molecule has 0 spiro atoms. The molecule has 1 aliphatic heterocycles. The Hall–Kier alpha value is -2.66. The topological polar surface area (TPSA) is 57.0 Å². The third kappa shape index (κ3) is 4.95. The minimum atomic E-state index is -0.515. The zero-order chi connectivity index (χ0) is 19.1. The van der Waals surface area contributed by atoms with E-state index in [-0.39, 0.29) is 11.3 Å². The number of carbonyl (C=O) groups excluding carboxylic acids is 2. The maximum Gasteiger partial charge on any atom is 0.338 e. The Labute approximate surface area is 159 Å². The number of rotatable bonds is 7. The zero-order valence-electron chi connectivity index (χ0n) is 15.7. The van der Waals surface area contributed by atoms with Gasteiger partial charge in [-0.15, -0.1) is 0 Å². The molecule has 1 heterocycles.